The van der Waals surface area contributed by atoms with Gasteiger partial charge in [0, 0.05) is 13.1 Å². The fraction of sp³-hybridized carbons (Fsp3) is 0.562. The van der Waals surface area contributed by atoms with Crippen LogP contribution in [0.5, 0.6) is 0 Å². The van der Waals surface area contributed by atoms with Gasteiger partial charge in [-0.15, -0.1) is 0 Å². The molecule has 3 nitrogen and oxygen atoms in total. The molecule has 1 aromatic rings. The first-order valence-corrected chi connectivity index (χ1v) is 7.30. The van der Waals surface area contributed by atoms with E-state index in [0.29, 0.717) is 0 Å². The number of benzene rings is 1. The summed E-state index contributed by atoms with van der Waals surface area (Å²) in [5.41, 5.74) is 2.36. The minimum absolute atomic E-state index is 0.279. The quantitative estimate of drug-likeness (QED) is 0.836. The average Bonchev–Trinajstić information content (AvgIpc) is 2.47. The molecule has 1 atom stereocenters. The van der Waals surface area contributed by atoms with Gasteiger partial charge in [-0.05, 0) is 50.3 Å². The zero-order valence-corrected chi connectivity index (χ0v) is 11.6. The average molecular weight is 258 g/mol. The second kappa shape index (κ2) is 4.97. The molecule has 102 valence electrons. The van der Waals surface area contributed by atoms with E-state index in [0.717, 1.165) is 38.9 Å². The van der Waals surface area contributed by atoms with Gasteiger partial charge in [-0.1, -0.05) is 24.3 Å². The van der Waals surface area contributed by atoms with Crippen LogP contribution in [0.15, 0.2) is 24.3 Å². The number of carbonyl (C=O) groups is 1. The van der Waals surface area contributed by atoms with Crippen LogP contribution < -0.4 is 5.32 Å². The van der Waals surface area contributed by atoms with Crippen molar-refractivity contribution >= 4 is 5.91 Å². The van der Waals surface area contributed by atoms with Gasteiger partial charge >= 0.3 is 0 Å². The fourth-order valence-electron chi connectivity index (χ4n) is 3.26. The van der Waals surface area contributed by atoms with Crippen LogP contribution in [0.1, 0.15) is 37.3 Å². The molecule has 1 aromatic carbocycles. The van der Waals surface area contributed by atoms with E-state index in [-0.39, 0.29) is 11.4 Å². The Kier molecular flexibility index (Phi) is 3.31. The van der Waals surface area contributed by atoms with Crippen LogP contribution in [0.3, 0.4) is 0 Å². The van der Waals surface area contributed by atoms with E-state index in [1.165, 1.54) is 17.5 Å². The largest absolute Gasteiger partial charge is 0.336 e. The molecule has 2 aliphatic rings. The van der Waals surface area contributed by atoms with Crippen molar-refractivity contribution in [3.63, 3.8) is 0 Å². The van der Waals surface area contributed by atoms with E-state index < -0.39 is 0 Å². The van der Waals surface area contributed by atoms with Gasteiger partial charge in [0.25, 0.3) is 0 Å². The molecule has 0 spiro atoms. The Bertz CT molecular complexity index is 477. The van der Waals surface area contributed by atoms with Crippen molar-refractivity contribution in [3.05, 3.63) is 35.4 Å². The van der Waals surface area contributed by atoms with Crippen molar-refractivity contribution in [1.82, 2.24) is 10.2 Å². The predicted octanol–water partition coefficient (Wildman–Crippen LogP) is 2.10. The van der Waals surface area contributed by atoms with E-state index >= 15 is 0 Å². The summed E-state index contributed by atoms with van der Waals surface area (Å²) in [7, 11) is 0. The fourth-order valence-corrected chi connectivity index (χ4v) is 3.26. The number of rotatable bonds is 1. The lowest BCUT2D eigenvalue weighted by atomic mass is 9.88. The van der Waals surface area contributed by atoms with E-state index in [1.54, 1.807) is 0 Å². The van der Waals surface area contributed by atoms with Crippen LogP contribution in [-0.2, 0) is 17.8 Å². The summed E-state index contributed by atoms with van der Waals surface area (Å²) in [5, 5.41) is 3.43. The van der Waals surface area contributed by atoms with Crippen molar-refractivity contribution in [2.45, 2.75) is 44.7 Å². The maximum atomic E-state index is 12.7. The van der Waals surface area contributed by atoms with Crippen LogP contribution >= 0.6 is 0 Å². The molecule has 0 saturated carbocycles. The highest BCUT2D eigenvalue weighted by Gasteiger charge is 2.38. The number of nitrogens with zero attached hydrogens (tertiary/aromatic N) is 1. The van der Waals surface area contributed by atoms with Crippen LogP contribution in [0, 0.1) is 0 Å². The summed E-state index contributed by atoms with van der Waals surface area (Å²) < 4.78 is 0. The lowest BCUT2D eigenvalue weighted by molar-refractivity contribution is -0.139. The molecule has 1 saturated heterocycles. The Morgan fingerprint density at radius 2 is 2.05 bits per heavy atom. The summed E-state index contributed by atoms with van der Waals surface area (Å²) in [6.45, 7) is 4.65. The molecule has 1 fully saturated rings. The number of hydrogen-bond acceptors (Lipinski definition) is 2. The van der Waals surface area contributed by atoms with Crippen LogP contribution in [-0.4, -0.2) is 29.4 Å². The third kappa shape index (κ3) is 2.39. The van der Waals surface area contributed by atoms with Crippen molar-refractivity contribution in [3.8, 4) is 0 Å². The summed E-state index contributed by atoms with van der Waals surface area (Å²) in [4.78, 5) is 14.8. The topological polar surface area (TPSA) is 32.3 Å². The highest BCUT2D eigenvalue weighted by Crippen LogP contribution is 2.25. The SMILES string of the molecule is CC1(C(=O)N2CCc3ccccc3C2)CCCCN1. The molecule has 0 bridgehead atoms. The van der Waals surface area contributed by atoms with Crippen molar-refractivity contribution in [2.75, 3.05) is 13.1 Å². The number of carbonyl (C=O) groups excluding carboxylic acids is 1. The van der Waals surface area contributed by atoms with Crippen molar-refractivity contribution < 1.29 is 4.79 Å². The second-order valence-corrected chi connectivity index (χ2v) is 5.96. The monoisotopic (exact) mass is 258 g/mol. The zero-order valence-electron chi connectivity index (χ0n) is 11.6. The number of nitrogens with one attached hydrogen (secondary N) is 1. The molecule has 1 amide bonds. The molecule has 0 aliphatic carbocycles. The molecular weight excluding hydrogens is 236 g/mol. The second-order valence-electron chi connectivity index (χ2n) is 5.96. The number of amides is 1. The third-order valence-electron chi connectivity index (χ3n) is 4.51. The Morgan fingerprint density at radius 1 is 1.26 bits per heavy atom. The van der Waals surface area contributed by atoms with Crippen LogP contribution in [0.25, 0.3) is 0 Å². The summed E-state index contributed by atoms with van der Waals surface area (Å²) in [6, 6.07) is 8.47. The van der Waals surface area contributed by atoms with Gasteiger partial charge in [-0.3, -0.25) is 4.79 Å². The Hall–Kier alpha value is -1.35. The summed E-state index contributed by atoms with van der Waals surface area (Å²) in [5.74, 6) is 0.279. The first kappa shape index (κ1) is 12.7. The summed E-state index contributed by atoms with van der Waals surface area (Å²) >= 11 is 0. The molecule has 19 heavy (non-hydrogen) atoms. The number of hydrogen-bond donors (Lipinski definition) is 1. The Balaban J connectivity index is 1.75. The molecule has 1 N–H and O–H groups in total. The van der Waals surface area contributed by atoms with Gasteiger partial charge in [0.2, 0.25) is 5.91 Å². The van der Waals surface area contributed by atoms with Crippen molar-refractivity contribution in [2.24, 2.45) is 0 Å². The van der Waals surface area contributed by atoms with Crippen molar-refractivity contribution in [1.29, 1.82) is 0 Å². The van der Waals surface area contributed by atoms with E-state index in [2.05, 4.69) is 36.5 Å². The van der Waals surface area contributed by atoms with Gasteiger partial charge in [0.15, 0.2) is 0 Å². The highest BCUT2D eigenvalue weighted by molar-refractivity contribution is 5.86. The minimum Gasteiger partial charge on any atom is -0.336 e. The maximum absolute atomic E-state index is 12.7. The van der Waals surface area contributed by atoms with Crippen LogP contribution in [0.2, 0.25) is 0 Å². The van der Waals surface area contributed by atoms with Crippen LogP contribution in [0.4, 0.5) is 0 Å². The molecule has 3 rings (SSSR count). The van der Waals surface area contributed by atoms with Gasteiger partial charge in [-0.2, -0.15) is 0 Å². The highest BCUT2D eigenvalue weighted by atomic mass is 16.2. The predicted molar refractivity (Wildman–Crippen MR) is 75.8 cm³/mol. The summed E-state index contributed by atoms with van der Waals surface area (Å²) in [6.07, 6.45) is 4.29. The molecule has 0 radical (unpaired) electrons. The lowest BCUT2D eigenvalue weighted by Gasteiger charge is -2.39. The normalized spacial score (nSPS) is 26.9. The smallest absolute Gasteiger partial charge is 0.242 e. The maximum Gasteiger partial charge on any atom is 0.242 e. The molecule has 0 aromatic heterocycles. The standard InChI is InChI=1S/C16H22N2O/c1-16(9-4-5-10-17-16)15(19)18-11-8-13-6-2-3-7-14(13)12-18/h2-3,6-7,17H,4-5,8-12H2,1H3. The Morgan fingerprint density at radius 3 is 2.79 bits per heavy atom. The Labute approximate surface area is 115 Å². The van der Waals surface area contributed by atoms with Gasteiger partial charge in [0.05, 0.1) is 5.54 Å². The van der Waals surface area contributed by atoms with E-state index in [4.69, 9.17) is 0 Å². The molecular formula is C16H22N2O. The number of fused-ring (bicyclic) bond motifs is 1. The lowest BCUT2D eigenvalue weighted by Crippen LogP contribution is -2.58. The first-order valence-electron chi connectivity index (χ1n) is 7.30. The van der Waals surface area contributed by atoms with Gasteiger partial charge < -0.3 is 10.2 Å². The van der Waals surface area contributed by atoms with E-state index in [9.17, 15) is 4.79 Å². The molecule has 1 unspecified atom stereocenters. The molecule has 2 aliphatic heterocycles. The minimum atomic E-state index is -0.343. The number of piperidine rings is 1. The molecule has 3 heteroatoms. The zero-order chi connectivity index (χ0) is 13.3. The molecule has 2 heterocycles. The van der Waals surface area contributed by atoms with Gasteiger partial charge in [-0.25, -0.2) is 0 Å². The van der Waals surface area contributed by atoms with Gasteiger partial charge in [0.1, 0.15) is 0 Å². The first-order chi connectivity index (χ1) is 9.19. The van der Waals surface area contributed by atoms with E-state index in [1.807, 2.05) is 4.90 Å². The third-order valence-corrected chi connectivity index (χ3v) is 4.51.